The van der Waals surface area contributed by atoms with Crippen molar-refractivity contribution in [3.63, 3.8) is 0 Å². The van der Waals surface area contributed by atoms with E-state index in [9.17, 15) is 13.2 Å². The van der Waals surface area contributed by atoms with Gasteiger partial charge in [0.15, 0.2) is 0 Å². The van der Waals surface area contributed by atoms with E-state index in [1.807, 2.05) is 0 Å². The highest BCUT2D eigenvalue weighted by Crippen LogP contribution is 2.20. The van der Waals surface area contributed by atoms with Gasteiger partial charge in [0.1, 0.15) is 0 Å². The van der Waals surface area contributed by atoms with Gasteiger partial charge in [0, 0.05) is 19.5 Å². The molecular weight excluding hydrogens is 316 g/mol. The van der Waals surface area contributed by atoms with Gasteiger partial charge in [0.25, 0.3) is 0 Å². The number of nitrogens with zero attached hydrogens (tertiary/aromatic N) is 1. The summed E-state index contributed by atoms with van der Waals surface area (Å²) in [5.74, 6) is -0.502. The molecule has 0 radical (unpaired) electrons. The van der Waals surface area contributed by atoms with Crippen LogP contribution in [-0.4, -0.2) is 50.6 Å². The smallest absolute Gasteiger partial charge is 0.303 e. The van der Waals surface area contributed by atoms with Gasteiger partial charge in [0.05, 0.1) is 4.90 Å². The van der Waals surface area contributed by atoms with Crippen LogP contribution in [-0.2, 0) is 14.8 Å². The summed E-state index contributed by atoms with van der Waals surface area (Å²) < 4.78 is 26.9. The van der Waals surface area contributed by atoms with Crippen LogP contribution < -0.4 is 4.72 Å². The lowest BCUT2D eigenvalue weighted by Gasteiger charge is -2.20. The van der Waals surface area contributed by atoms with Gasteiger partial charge >= 0.3 is 5.97 Å². The molecule has 1 fully saturated rings. The van der Waals surface area contributed by atoms with Crippen molar-refractivity contribution in [2.24, 2.45) is 5.92 Å². The second-order valence-electron chi connectivity index (χ2n) is 5.95. The molecule has 1 heterocycles. The summed E-state index contributed by atoms with van der Waals surface area (Å²) in [4.78, 5) is 13.3. The van der Waals surface area contributed by atoms with Crippen LogP contribution in [0.4, 0.5) is 0 Å². The lowest BCUT2D eigenvalue weighted by atomic mass is 9.97. The molecular formula is C16H24N2O4S. The van der Waals surface area contributed by atoms with E-state index < -0.39 is 16.0 Å². The Hall–Kier alpha value is -1.44. The Morgan fingerprint density at radius 3 is 2.65 bits per heavy atom. The summed E-state index contributed by atoms with van der Waals surface area (Å²) in [6.07, 6.45) is 2.98. The fraction of sp³-hybridized carbons (Fsp3) is 0.562. The summed E-state index contributed by atoms with van der Waals surface area (Å²) in [7, 11) is -3.45. The Bertz CT molecular complexity index is 604. The Labute approximate surface area is 137 Å². The summed E-state index contributed by atoms with van der Waals surface area (Å²) in [6.45, 7) is 2.72. The average molecular weight is 340 g/mol. The maximum absolute atomic E-state index is 12.1. The minimum Gasteiger partial charge on any atom is -0.481 e. The van der Waals surface area contributed by atoms with Crippen LogP contribution in [0.5, 0.6) is 0 Å². The Kier molecular flexibility index (Phi) is 6.56. The molecule has 7 heteroatoms. The number of sulfonamides is 1. The van der Waals surface area contributed by atoms with E-state index in [4.69, 9.17) is 5.11 Å². The number of carbonyl (C=O) groups is 1. The van der Waals surface area contributed by atoms with Gasteiger partial charge in [-0.15, -0.1) is 0 Å². The molecule has 0 aliphatic carbocycles. The molecule has 1 aromatic rings. The van der Waals surface area contributed by atoms with Crippen LogP contribution in [0.15, 0.2) is 35.2 Å². The lowest BCUT2D eigenvalue weighted by Crippen LogP contribution is -2.35. The lowest BCUT2D eigenvalue weighted by molar-refractivity contribution is -0.138. The van der Waals surface area contributed by atoms with Gasteiger partial charge < -0.3 is 10.0 Å². The fourth-order valence-corrected chi connectivity index (χ4v) is 3.96. The van der Waals surface area contributed by atoms with Crippen molar-refractivity contribution < 1.29 is 18.3 Å². The highest BCUT2D eigenvalue weighted by molar-refractivity contribution is 7.89. The van der Waals surface area contributed by atoms with Crippen LogP contribution in [0.3, 0.4) is 0 Å². The predicted molar refractivity (Wildman–Crippen MR) is 87.7 cm³/mol. The number of carboxylic acids is 1. The summed E-state index contributed by atoms with van der Waals surface area (Å²) in [5.41, 5.74) is 0. The first kappa shape index (κ1) is 17.9. The fourth-order valence-electron chi connectivity index (χ4n) is 2.92. The zero-order chi connectivity index (χ0) is 16.7. The average Bonchev–Trinajstić information content (AvgIpc) is 2.73. The first-order valence-corrected chi connectivity index (χ1v) is 9.44. The number of aliphatic carboxylic acids is 1. The largest absolute Gasteiger partial charge is 0.481 e. The molecule has 1 atom stereocenters. The first-order valence-electron chi connectivity index (χ1n) is 7.96. The van der Waals surface area contributed by atoms with Crippen molar-refractivity contribution in [1.82, 2.24) is 9.62 Å². The molecule has 1 aliphatic rings. The third kappa shape index (κ3) is 5.93. The molecule has 0 aromatic heterocycles. The predicted octanol–water partition coefficient (Wildman–Crippen LogP) is 1.54. The van der Waals surface area contributed by atoms with E-state index in [0.29, 0.717) is 13.1 Å². The van der Waals surface area contributed by atoms with Crippen LogP contribution >= 0.6 is 0 Å². The molecule has 0 amide bonds. The number of hydrogen-bond donors (Lipinski definition) is 2. The summed E-state index contributed by atoms with van der Waals surface area (Å²) in [5, 5.41) is 8.87. The summed E-state index contributed by atoms with van der Waals surface area (Å²) in [6, 6.07) is 8.33. The second-order valence-corrected chi connectivity index (χ2v) is 7.71. The topological polar surface area (TPSA) is 86.7 Å². The normalized spacial score (nSPS) is 20.1. The van der Waals surface area contributed by atoms with Crippen LogP contribution in [0, 0.1) is 5.92 Å². The summed E-state index contributed by atoms with van der Waals surface area (Å²) >= 11 is 0. The molecule has 1 aliphatic heterocycles. The number of rotatable bonds is 7. The Morgan fingerprint density at radius 2 is 1.96 bits per heavy atom. The first-order chi connectivity index (χ1) is 11.0. The minimum absolute atomic E-state index is 0.231. The van der Waals surface area contributed by atoms with Gasteiger partial charge in [-0.05, 0) is 50.4 Å². The molecule has 2 rings (SSSR count). The van der Waals surface area contributed by atoms with Crippen LogP contribution in [0.1, 0.15) is 25.7 Å². The van der Waals surface area contributed by atoms with Crippen molar-refractivity contribution in [2.45, 2.75) is 30.6 Å². The Morgan fingerprint density at radius 1 is 1.22 bits per heavy atom. The second kappa shape index (κ2) is 8.42. The zero-order valence-electron chi connectivity index (χ0n) is 13.1. The van der Waals surface area contributed by atoms with Gasteiger partial charge in [-0.1, -0.05) is 18.2 Å². The van der Waals surface area contributed by atoms with E-state index in [0.717, 1.165) is 32.4 Å². The molecule has 1 aromatic carbocycles. The van der Waals surface area contributed by atoms with Gasteiger partial charge in [0.2, 0.25) is 10.0 Å². The highest BCUT2D eigenvalue weighted by atomic mass is 32.2. The zero-order valence-corrected chi connectivity index (χ0v) is 14.0. The maximum atomic E-state index is 12.1. The monoisotopic (exact) mass is 340 g/mol. The third-order valence-electron chi connectivity index (χ3n) is 4.18. The molecule has 2 N–H and O–H groups in total. The van der Waals surface area contributed by atoms with Crippen molar-refractivity contribution in [3.05, 3.63) is 30.3 Å². The van der Waals surface area contributed by atoms with Gasteiger partial charge in [-0.25, -0.2) is 13.1 Å². The van der Waals surface area contributed by atoms with Crippen molar-refractivity contribution >= 4 is 16.0 Å². The standard InChI is InChI=1S/C16H24N2O4S/c19-16(20)13-14-5-4-10-18(11-8-14)12-9-17-23(21,22)15-6-2-1-3-7-15/h1-3,6-7,14,17H,4-5,8-13H2,(H,19,20)/t14-/m1/s1. The molecule has 6 nitrogen and oxygen atoms in total. The van der Waals surface area contributed by atoms with Gasteiger partial charge in [-0.2, -0.15) is 0 Å². The SMILES string of the molecule is O=C(O)C[C@@H]1CCCN(CCNS(=O)(=O)c2ccccc2)CC1. The molecule has 0 saturated carbocycles. The number of nitrogens with one attached hydrogen (secondary N) is 1. The minimum atomic E-state index is -3.45. The highest BCUT2D eigenvalue weighted by Gasteiger charge is 2.19. The van der Waals surface area contributed by atoms with E-state index in [1.54, 1.807) is 30.3 Å². The molecule has 1 saturated heterocycles. The van der Waals surface area contributed by atoms with E-state index in [2.05, 4.69) is 9.62 Å². The number of benzene rings is 1. The van der Waals surface area contributed by atoms with E-state index >= 15 is 0 Å². The quantitative estimate of drug-likeness (QED) is 0.786. The number of hydrogen-bond acceptors (Lipinski definition) is 4. The molecule has 0 unspecified atom stereocenters. The number of likely N-dealkylation sites (tertiary alicyclic amines) is 1. The maximum Gasteiger partial charge on any atom is 0.303 e. The van der Waals surface area contributed by atoms with Crippen LogP contribution in [0.25, 0.3) is 0 Å². The van der Waals surface area contributed by atoms with Crippen molar-refractivity contribution in [1.29, 1.82) is 0 Å². The van der Waals surface area contributed by atoms with Crippen LogP contribution in [0.2, 0.25) is 0 Å². The van der Waals surface area contributed by atoms with E-state index in [-0.39, 0.29) is 17.2 Å². The molecule has 0 bridgehead atoms. The van der Waals surface area contributed by atoms with E-state index in [1.165, 1.54) is 0 Å². The van der Waals surface area contributed by atoms with Crippen molar-refractivity contribution in [2.75, 3.05) is 26.2 Å². The van der Waals surface area contributed by atoms with Gasteiger partial charge in [-0.3, -0.25) is 4.79 Å². The third-order valence-corrected chi connectivity index (χ3v) is 5.65. The number of carboxylic acid groups (broad SMARTS) is 1. The Balaban J connectivity index is 1.77. The molecule has 128 valence electrons. The van der Waals surface area contributed by atoms with Crippen molar-refractivity contribution in [3.8, 4) is 0 Å². The molecule has 23 heavy (non-hydrogen) atoms. The molecule has 0 spiro atoms.